The predicted molar refractivity (Wildman–Crippen MR) is 144 cm³/mol. The number of amides is 2. The van der Waals surface area contributed by atoms with Crippen molar-refractivity contribution >= 4 is 28.9 Å². The molecule has 1 atom stereocenters. The van der Waals surface area contributed by atoms with E-state index in [1.165, 1.54) is 0 Å². The third kappa shape index (κ3) is 5.49. The molecule has 1 aliphatic heterocycles. The third-order valence-electron chi connectivity index (χ3n) is 6.35. The second-order valence-corrected chi connectivity index (χ2v) is 9.28. The number of benzene rings is 2. The minimum atomic E-state index is -0.423. The number of aliphatic imine (C=N–C) groups is 1. The van der Waals surface area contributed by atoms with Crippen LogP contribution in [0.2, 0.25) is 0 Å². The summed E-state index contributed by atoms with van der Waals surface area (Å²) in [6.45, 7) is 6.98. The fourth-order valence-electron chi connectivity index (χ4n) is 4.38. The lowest BCUT2D eigenvalue weighted by Crippen LogP contribution is -2.46. The van der Waals surface area contributed by atoms with Gasteiger partial charge in [-0.1, -0.05) is 31.2 Å². The van der Waals surface area contributed by atoms with Gasteiger partial charge in [0.05, 0.1) is 13.1 Å². The summed E-state index contributed by atoms with van der Waals surface area (Å²) in [5.41, 5.74) is 18.6. The van der Waals surface area contributed by atoms with Gasteiger partial charge in [-0.15, -0.1) is 0 Å². The topological polar surface area (TPSA) is 130 Å². The summed E-state index contributed by atoms with van der Waals surface area (Å²) in [5.74, 6) is -0.690. The number of piperidine rings is 1. The number of nitrogens with zero attached hydrogens (tertiary/aromatic N) is 2. The van der Waals surface area contributed by atoms with Gasteiger partial charge >= 0.3 is 0 Å². The molecule has 1 aromatic heterocycles. The first-order valence-corrected chi connectivity index (χ1v) is 11.9. The van der Waals surface area contributed by atoms with Crippen LogP contribution < -0.4 is 16.8 Å². The van der Waals surface area contributed by atoms with E-state index in [2.05, 4.69) is 10.3 Å². The molecule has 0 aliphatic carbocycles. The summed E-state index contributed by atoms with van der Waals surface area (Å²) < 4.78 is 0. The molecule has 1 fully saturated rings. The number of aryl methyl sites for hydroxylation is 2. The largest absolute Gasteiger partial charge is 0.399 e. The van der Waals surface area contributed by atoms with Crippen molar-refractivity contribution < 1.29 is 9.59 Å². The molecule has 6 N–H and O–H groups in total. The SMILES string of the molecule is Cc1cccc(NC(=O)C(N)=C2CN(C(=O)c3ccc[nH]3)CC(C)C2=NCc2ccc(N)c(C)c2)c1. The lowest BCUT2D eigenvalue weighted by molar-refractivity contribution is -0.113. The van der Waals surface area contributed by atoms with Crippen molar-refractivity contribution in [1.82, 2.24) is 9.88 Å². The Hall–Kier alpha value is -4.33. The highest BCUT2D eigenvalue weighted by Crippen LogP contribution is 2.24. The molecule has 8 heteroatoms. The summed E-state index contributed by atoms with van der Waals surface area (Å²) in [4.78, 5) is 35.8. The Labute approximate surface area is 211 Å². The molecule has 0 spiro atoms. The van der Waals surface area contributed by atoms with Crippen LogP contribution >= 0.6 is 0 Å². The van der Waals surface area contributed by atoms with Crippen LogP contribution in [0.15, 0.2) is 77.1 Å². The van der Waals surface area contributed by atoms with E-state index < -0.39 is 5.91 Å². The summed E-state index contributed by atoms with van der Waals surface area (Å²) in [5, 5.41) is 2.87. The van der Waals surface area contributed by atoms with E-state index in [1.54, 1.807) is 23.2 Å². The number of likely N-dealkylation sites (tertiary alicyclic amines) is 1. The fraction of sp³-hybridized carbons (Fsp3) is 0.250. The minimum Gasteiger partial charge on any atom is -0.399 e. The number of nitrogens with two attached hydrogens (primary N) is 2. The van der Waals surface area contributed by atoms with E-state index in [4.69, 9.17) is 16.5 Å². The molecule has 4 rings (SSSR count). The lowest BCUT2D eigenvalue weighted by atomic mass is 9.90. The highest BCUT2D eigenvalue weighted by molar-refractivity contribution is 6.13. The number of carbonyl (C=O) groups is 2. The number of nitrogens with one attached hydrogen (secondary N) is 2. The maximum Gasteiger partial charge on any atom is 0.271 e. The highest BCUT2D eigenvalue weighted by Gasteiger charge is 2.32. The van der Waals surface area contributed by atoms with Crippen LogP contribution in [0.1, 0.15) is 34.1 Å². The summed E-state index contributed by atoms with van der Waals surface area (Å²) in [7, 11) is 0. The zero-order valence-corrected chi connectivity index (χ0v) is 20.8. The van der Waals surface area contributed by atoms with Crippen LogP contribution in [0, 0.1) is 19.8 Å². The fourth-order valence-corrected chi connectivity index (χ4v) is 4.38. The van der Waals surface area contributed by atoms with Gasteiger partial charge in [0.2, 0.25) is 0 Å². The van der Waals surface area contributed by atoms with Gasteiger partial charge < -0.3 is 26.7 Å². The second kappa shape index (κ2) is 10.5. The third-order valence-corrected chi connectivity index (χ3v) is 6.35. The molecule has 36 heavy (non-hydrogen) atoms. The number of aromatic nitrogens is 1. The maximum absolute atomic E-state index is 13.2. The average molecular weight is 485 g/mol. The van der Waals surface area contributed by atoms with Gasteiger partial charge in [0, 0.05) is 41.3 Å². The number of H-pyrrole nitrogens is 1. The molecular formula is C28H32N6O2. The monoisotopic (exact) mass is 484 g/mol. The van der Waals surface area contributed by atoms with Gasteiger partial charge in [-0.3, -0.25) is 14.6 Å². The molecule has 1 unspecified atom stereocenters. The molecule has 186 valence electrons. The molecule has 0 radical (unpaired) electrons. The van der Waals surface area contributed by atoms with Gasteiger partial charge in [-0.25, -0.2) is 0 Å². The number of hydrogen-bond donors (Lipinski definition) is 4. The maximum atomic E-state index is 13.2. The first-order valence-electron chi connectivity index (χ1n) is 11.9. The van der Waals surface area contributed by atoms with Crippen molar-refractivity contribution in [2.45, 2.75) is 27.3 Å². The lowest BCUT2D eigenvalue weighted by Gasteiger charge is -2.34. The smallest absolute Gasteiger partial charge is 0.271 e. The van der Waals surface area contributed by atoms with Crippen LogP contribution in [0.3, 0.4) is 0 Å². The molecule has 2 heterocycles. The zero-order chi connectivity index (χ0) is 25.8. The number of aromatic amines is 1. The van der Waals surface area contributed by atoms with Gasteiger partial charge in [-0.05, 0) is 60.9 Å². The van der Waals surface area contributed by atoms with Gasteiger partial charge in [0.15, 0.2) is 0 Å². The molecule has 8 nitrogen and oxygen atoms in total. The quantitative estimate of drug-likeness (QED) is 0.324. The first kappa shape index (κ1) is 24.8. The van der Waals surface area contributed by atoms with Gasteiger partial charge in [-0.2, -0.15) is 0 Å². The van der Waals surface area contributed by atoms with Crippen LogP contribution in [0.4, 0.5) is 11.4 Å². The van der Waals surface area contributed by atoms with Crippen LogP contribution in [0.25, 0.3) is 0 Å². The average Bonchev–Trinajstić information content (AvgIpc) is 3.39. The van der Waals surface area contributed by atoms with Crippen molar-refractivity contribution in [2.75, 3.05) is 24.1 Å². The Morgan fingerprint density at radius 1 is 1.14 bits per heavy atom. The van der Waals surface area contributed by atoms with Crippen molar-refractivity contribution in [3.05, 3.63) is 94.4 Å². The number of hydrogen-bond acceptors (Lipinski definition) is 5. The predicted octanol–water partition coefficient (Wildman–Crippen LogP) is 3.80. The Bertz CT molecular complexity index is 1340. The first-order chi connectivity index (χ1) is 17.2. The van der Waals surface area contributed by atoms with E-state index >= 15 is 0 Å². The molecular weight excluding hydrogens is 452 g/mol. The second-order valence-electron chi connectivity index (χ2n) is 9.28. The Balaban J connectivity index is 1.67. The Morgan fingerprint density at radius 2 is 1.94 bits per heavy atom. The summed E-state index contributed by atoms with van der Waals surface area (Å²) >= 11 is 0. The minimum absolute atomic E-state index is 0.0552. The van der Waals surface area contributed by atoms with Crippen molar-refractivity contribution in [1.29, 1.82) is 0 Å². The van der Waals surface area contributed by atoms with E-state index in [0.717, 1.165) is 28.1 Å². The van der Waals surface area contributed by atoms with E-state index in [9.17, 15) is 9.59 Å². The van der Waals surface area contributed by atoms with Crippen LogP contribution in [0.5, 0.6) is 0 Å². The number of rotatable bonds is 5. The molecule has 2 aromatic carbocycles. The molecule has 2 amide bonds. The molecule has 3 aromatic rings. The molecule has 0 bridgehead atoms. The Morgan fingerprint density at radius 3 is 2.64 bits per heavy atom. The van der Waals surface area contributed by atoms with E-state index in [0.29, 0.717) is 30.0 Å². The number of anilines is 2. The zero-order valence-electron chi connectivity index (χ0n) is 20.8. The van der Waals surface area contributed by atoms with Crippen LogP contribution in [-0.2, 0) is 11.3 Å². The normalized spacial score (nSPS) is 18.2. The van der Waals surface area contributed by atoms with E-state index in [-0.39, 0.29) is 24.1 Å². The summed E-state index contributed by atoms with van der Waals surface area (Å²) in [6.07, 6.45) is 1.71. The molecule has 1 saturated heterocycles. The van der Waals surface area contributed by atoms with Gasteiger partial charge in [0.25, 0.3) is 11.8 Å². The van der Waals surface area contributed by atoms with Crippen LogP contribution in [-0.4, -0.2) is 40.5 Å². The molecule has 0 saturated carbocycles. The van der Waals surface area contributed by atoms with Crippen molar-refractivity contribution in [3.63, 3.8) is 0 Å². The summed E-state index contributed by atoms with van der Waals surface area (Å²) in [6, 6.07) is 16.8. The number of nitrogen functional groups attached to an aromatic ring is 1. The van der Waals surface area contributed by atoms with Crippen molar-refractivity contribution in [3.8, 4) is 0 Å². The van der Waals surface area contributed by atoms with E-state index in [1.807, 2.05) is 63.2 Å². The van der Waals surface area contributed by atoms with Crippen molar-refractivity contribution in [2.24, 2.45) is 16.6 Å². The number of carbonyl (C=O) groups excluding carboxylic acids is 2. The standard InChI is InChI=1S/C28H32N6O2/c1-17-6-4-7-21(12-17)33-27(35)25(30)22-16-34(28(36)24-8-5-11-31-24)15-19(3)26(22)32-14-20-9-10-23(29)18(2)13-20/h4-13,19,31H,14-16,29-30H2,1-3H3,(H,33,35). The van der Waals surface area contributed by atoms with Gasteiger partial charge in [0.1, 0.15) is 11.4 Å². The molecule has 1 aliphatic rings. The Kier molecular flexibility index (Phi) is 7.24. The highest BCUT2D eigenvalue weighted by atomic mass is 16.2.